The molecule has 5 atom stereocenters. The van der Waals surface area contributed by atoms with Gasteiger partial charge in [-0.25, -0.2) is 4.39 Å². The van der Waals surface area contributed by atoms with Gasteiger partial charge in [-0.05, 0) is 5.53 Å². The maximum absolute atomic E-state index is 14.4. The number of hydrogen-bond donors (Lipinski definition) is 0. The molecule has 0 amide bonds. The van der Waals surface area contributed by atoms with Gasteiger partial charge >= 0.3 is 17.9 Å². The number of esters is 3. The lowest BCUT2D eigenvalue weighted by Crippen LogP contribution is -2.59. The molecular formula is C12H16FN3O7. The number of hydrogen-bond acceptors (Lipinski definition) is 8. The Morgan fingerprint density at radius 3 is 2.17 bits per heavy atom. The molecule has 0 aliphatic carbocycles. The Kier molecular flexibility index (Phi) is 6.73. The number of carbonyl (C=O) groups excluding carboxylic acids is 3. The van der Waals surface area contributed by atoms with Crippen LogP contribution in [0.1, 0.15) is 20.8 Å². The third-order valence-electron chi connectivity index (χ3n) is 2.81. The van der Waals surface area contributed by atoms with E-state index in [0.29, 0.717) is 0 Å². The summed E-state index contributed by atoms with van der Waals surface area (Å²) in [4.78, 5) is 35.7. The van der Waals surface area contributed by atoms with Gasteiger partial charge < -0.3 is 18.9 Å². The number of nitrogens with zero attached hydrogens (tertiary/aromatic N) is 3. The lowest BCUT2D eigenvalue weighted by molar-refractivity contribution is -0.234. The van der Waals surface area contributed by atoms with Gasteiger partial charge in [0.05, 0.1) is 0 Å². The molecule has 0 aromatic rings. The molecule has 1 aliphatic heterocycles. The van der Waals surface area contributed by atoms with Crippen molar-refractivity contribution in [3.63, 3.8) is 0 Å². The summed E-state index contributed by atoms with van der Waals surface area (Å²) in [6.07, 6.45) is -7.80. The maximum atomic E-state index is 14.4. The highest BCUT2D eigenvalue weighted by Crippen LogP contribution is 2.29. The minimum Gasteiger partial charge on any atom is -0.463 e. The molecule has 1 saturated heterocycles. The molecule has 10 nitrogen and oxygen atoms in total. The molecule has 0 aromatic heterocycles. The van der Waals surface area contributed by atoms with Crippen molar-refractivity contribution < 1.29 is 37.7 Å². The summed E-state index contributed by atoms with van der Waals surface area (Å²) < 4.78 is 34.1. The van der Waals surface area contributed by atoms with Crippen LogP contribution in [0.2, 0.25) is 0 Å². The van der Waals surface area contributed by atoms with Crippen molar-refractivity contribution in [3.05, 3.63) is 10.4 Å². The van der Waals surface area contributed by atoms with E-state index in [-0.39, 0.29) is 0 Å². The fourth-order valence-electron chi connectivity index (χ4n) is 2.02. The number of halogens is 1. The Labute approximate surface area is 130 Å². The molecule has 1 aliphatic rings. The van der Waals surface area contributed by atoms with E-state index in [1.807, 2.05) is 0 Å². The fourth-order valence-corrected chi connectivity index (χ4v) is 2.02. The van der Waals surface area contributed by atoms with Crippen molar-refractivity contribution in [3.8, 4) is 0 Å². The Hall–Kier alpha value is -2.39. The second-order valence-electron chi connectivity index (χ2n) is 4.67. The second-order valence-corrected chi connectivity index (χ2v) is 4.67. The number of rotatable bonds is 5. The van der Waals surface area contributed by atoms with Gasteiger partial charge in [0.15, 0.2) is 24.6 Å². The van der Waals surface area contributed by atoms with Gasteiger partial charge in [-0.2, -0.15) is 0 Å². The first kappa shape index (κ1) is 18.7. The van der Waals surface area contributed by atoms with Crippen LogP contribution in [0.15, 0.2) is 5.11 Å². The topological polar surface area (TPSA) is 137 Å². The largest absolute Gasteiger partial charge is 0.463 e. The summed E-state index contributed by atoms with van der Waals surface area (Å²) in [5, 5.41) is 3.12. The van der Waals surface area contributed by atoms with E-state index < -0.39 is 55.2 Å². The maximum Gasteiger partial charge on any atom is 0.303 e. The lowest BCUT2D eigenvalue weighted by Gasteiger charge is -2.40. The van der Waals surface area contributed by atoms with Crippen LogP contribution >= 0.6 is 0 Å². The predicted molar refractivity (Wildman–Crippen MR) is 70.4 cm³/mol. The average Bonchev–Trinajstić information content (AvgIpc) is 2.43. The number of alkyl halides is 1. The van der Waals surface area contributed by atoms with Crippen LogP contribution in [-0.4, -0.2) is 55.2 Å². The van der Waals surface area contributed by atoms with Crippen molar-refractivity contribution in [1.82, 2.24) is 0 Å². The smallest absolute Gasteiger partial charge is 0.303 e. The highest BCUT2D eigenvalue weighted by atomic mass is 19.1. The van der Waals surface area contributed by atoms with Gasteiger partial charge in [-0.1, -0.05) is 5.11 Å². The lowest BCUT2D eigenvalue weighted by atomic mass is 9.99. The van der Waals surface area contributed by atoms with Crippen LogP contribution in [-0.2, 0) is 33.3 Å². The van der Waals surface area contributed by atoms with E-state index >= 15 is 0 Å². The summed E-state index contributed by atoms with van der Waals surface area (Å²) in [6, 6.07) is 0. The van der Waals surface area contributed by atoms with Gasteiger partial charge in [0.1, 0.15) is 12.7 Å². The van der Waals surface area contributed by atoms with Gasteiger partial charge in [-0.15, -0.1) is 0 Å². The molecule has 23 heavy (non-hydrogen) atoms. The zero-order valence-electron chi connectivity index (χ0n) is 12.7. The summed E-state index contributed by atoms with van der Waals surface area (Å²) in [7, 11) is 0. The molecule has 1 fully saturated rings. The molecule has 1 heterocycles. The van der Waals surface area contributed by atoms with E-state index in [0.717, 1.165) is 20.8 Å². The third kappa shape index (κ3) is 5.38. The summed E-state index contributed by atoms with van der Waals surface area (Å²) in [5.74, 6) is -2.26. The molecule has 0 N–H and O–H groups in total. The monoisotopic (exact) mass is 333 g/mol. The normalized spacial score (nSPS) is 29.8. The van der Waals surface area contributed by atoms with E-state index in [1.165, 1.54) is 0 Å². The fraction of sp³-hybridized carbons (Fsp3) is 0.750. The molecule has 0 bridgehead atoms. The first-order valence-electron chi connectivity index (χ1n) is 6.57. The van der Waals surface area contributed by atoms with Crippen LogP contribution < -0.4 is 0 Å². The zero-order valence-corrected chi connectivity index (χ0v) is 12.7. The molecule has 0 saturated carbocycles. The van der Waals surface area contributed by atoms with Crippen LogP contribution in [0.4, 0.5) is 4.39 Å². The van der Waals surface area contributed by atoms with Crippen molar-refractivity contribution in [2.75, 3.05) is 6.61 Å². The van der Waals surface area contributed by atoms with Crippen LogP contribution in [0.3, 0.4) is 0 Å². The predicted octanol–water partition coefficient (Wildman–Crippen LogP) is 0.786. The Morgan fingerprint density at radius 2 is 1.70 bits per heavy atom. The van der Waals surface area contributed by atoms with E-state index in [2.05, 4.69) is 10.0 Å². The molecule has 128 valence electrons. The van der Waals surface area contributed by atoms with Crippen molar-refractivity contribution in [1.29, 1.82) is 0 Å². The second kappa shape index (κ2) is 8.30. The van der Waals surface area contributed by atoms with Crippen LogP contribution in [0.5, 0.6) is 0 Å². The van der Waals surface area contributed by atoms with Crippen molar-refractivity contribution >= 4 is 17.9 Å². The van der Waals surface area contributed by atoms with E-state index in [9.17, 15) is 18.8 Å². The first-order chi connectivity index (χ1) is 10.8. The number of carbonyl (C=O) groups is 3. The molecular weight excluding hydrogens is 317 g/mol. The minimum atomic E-state index is -2.06. The Morgan fingerprint density at radius 1 is 1.13 bits per heavy atom. The van der Waals surface area contributed by atoms with Crippen molar-refractivity contribution in [2.45, 2.75) is 51.5 Å². The molecule has 11 heteroatoms. The highest BCUT2D eigenvalue weighted by molar-refractivity contribution is 5.67. The minimum absolute atomic E-state index is 0.408. The standard InChI is InChI=1S/C12H16FN3O7/c1-5(17)20-4-8-10(21-6(2)18)11(22-7(3)19)9(13)12(23-8)15-16-14/h8-12H,4H2,1-3H3/t8-,9-,10-,11-,12?/m1/s1. The molecule has 0 aromatic carbocycles. The Bertz CT molecular complexity index is 523. The van der Waals surface area contributed by atoms with E-state index in [1.54, 1.807) is 0 Å². The SMILES string of the molecule is CC(=O)OC[C@H]1OC(N=[N+]=[N-])[C@H](F)[C@@H](OC(C)=O)[C@@H]1OC(C)=O. The number of azide groups is 1. The first-order valence-corrected chi connectivity index (χ1v) is 6.57. The molecule has 0 radical (unpaired) electrons. The quantitative estimate of drug-likeness (QED) is 0.238. The Balaban J connectivity index is 3.09. The summed E-state index contributed by atoms with van der Waals surface area (Å²) in [5.41, 5.74) is 8.45. The van der Waals surface area contributed by atoms with Gasteiger partial charge in [0.25, 0.3) is 0 Å². The molecule has 0 spiro atoms. The zero-order chi connectivity index (χ0) is 17.6. The van der Waals surface area contributed by atoms with Crippen LogP contribution in [0.25, 0.3) is 10.4 Å². The summed E-state index contributed by atoms with van der Waals surface area (Å²) in [6.45, 7) is 2.84. The van der Waals surface area contributed by atoms with Gasteiger partial charge in [0, 0.05) is 25.7 Å². The average molecular weight is 333 g/mol. The highest BCUT2D eigenvalue weighted by Gasteiger charge is 2.50. The third-order valence-corrected chi connectivity index (χ3v) is 2.81. The van der Waals surface area contributed by atoms with Crippen LogP contribution in [0, 0.1) is 0 Å². The van der Waals surface area contributed by atoms with E-state index in [4.69, 9.17) is 24.5 Å². The molecule has 1 rings (SSSR count). The van der Waals surface area contributed by atoms with Gasteiger partial charge in [-0.3, -0.25) is 14.4 Å². The van der Waals surface area contributed by atoms with Gasteiger partial charge in [0.2, 0.25) is 0 Å². The van der Waals surface area contributed by atoms with Crippen molar-refractivity contribution in [2.24, 2.45) is 5.11 Å². The molecule has 1 unspecified atom stereocenters. The summed E-state index contributed by atoms with van der Waals surface area (Å²) >= 11 is 0. The number of ether oxygens (including phenoxy) is 4.